The lowest BCUT2D eigenvalue weighted by Crippen LogP contribution is -2.53. The van der Waals surface area contributed by atoms with Crippen LogP contribution in [0.3, 0.4) is 0 Å². The summed E-state index contributed by atoms with van der Waals surface area (Å²) in [6.45, 7) is 0.167. The van der Waals surface area contributed by atoms with Gasteiger partial charge in [-0.25, -0.2) is 4.79 Å². The minimum atomic E-state index is -1.00. The molecule has 0 radical (unpaired) electrons. The van der Waals surface area contributed by atoms with E-state index in [0.29, 0.717) is 12.8 Å². The van der Waals surface area contributed by atoms with E-state index >= 15 is 0 Å². The molecule has 1 saturated heterocycles. The van der Waals surface area contributed by atoms with Gasteiger partial charge in [0.05, 0.1) is 12.3 Å². The number of carboxylic acid groups (broad SMARTS) is 1. The van der Waals surface area contributed by atoms with Crippen molar-refractivity contribution < 1.29 is 19.5 Å². The van der Waals surface area contributed by atoms with Crippen molar-refractivity contribution in [1.82, 2.24) is 10.2 Å². The number of hydrogen-bond acceptors (Lipinski definition) is 3. The molecule has 3 rings (SSSR count). The predicted octanol–water partition coefficient (Wildman–Crippen LogP) is 1.55. The SMILES string of the molecule is CNC(=O)[C@H]1CC[C@@H](C(=O)O)N(C(=O)Cc2ccc3c(c2)CCCC3)C1. The molecule has 0 aromatic heterocycles. The Morgan fingerprint density at radius 3 is 2.58 bits per heavy atom. The Morgan fingerprint density at radius 2 is 1.88 bits per heavy atom. The van der Waals surface area contributed by atoms with Gasteiger partial charge in [0.25, 0.3) is 0 Å². The van der Waals surface area contributed by atoms with E-state index in [0.717, 1.165) is 18.4 Å². The molecule has 1 aromatic rings. The van der Waals surface area contributed by atoms with Gasteiger partial charge >= 0.3 is 5.97 Å². The molecule has 1 aliphatic heterocycles. The van der Waals surface area contributed by atoms with Crippen molar-refractivity contribution in [3.8, 4) is 0 Å². The molecule has 1 heterocycles. The van der Waals surface area contributed by atoms with Crippen LogP contribution in [0.2, 0.25) is 0 Å². The molecule has 1 fully saturated rings. The number of carbonyl (C=O) groups is 3. The number of likely N-dealkylation sites (tertiary alicyclic amines) is 1. The first-order chi connectivity index (χ1) is 12.5. The molecule has 0 spiro atoms. The second-order valence-electron chi connectivity index (χ2n) is 7.28. The average Bonchev–Trinajstić information content (AvgIpc) is 2.66. The highest BCUT2D eigenvalue weighted by atomic mass is 16.4. The van der Waals surface area contributed by atoms with Gasteiger partial charge in [-0.3, -0.25) is 9.59 Å². The molecule has 6 nitrogen and oxygen atoms in total. The molecule has 26 heavy (non-hydrogen) atoms. The summed E-state index contributed by atoms with van der Waals surface area (Å²) >= 11 is 0. The van der Waals surface area contributed by atoms with Gasteiger partial charge in [-0.2, -0.15) is 0 Å². The number of rotatable bonds is 4. The zero-order valence-electron chi connectivity index (χ0n) is 15.2. The Hall–Kier alpha value is -2.37. The van der Waals surface area contributed by atoms with Crippen LogP contribution in [0.4, 0.5) is 0 Å². The van der Waals surface area contributed by atoms with Crippen molar-refractivity contribution in [3.63, 3.8) is 0 Å². The molecule has 2 aliphatic rings. The number of aryl methyl sites for hydroxylation is 2. The summed E-state index contributed by atoms with van der Waals surface area (Å²) in [5.74, 6) is -1.70. The van der Waals surface area contributed by atoms with E-state index < -0.39 is 12.0 Å². The number of nitrogens with zero attached hydrogens (tertiary/aromatic N) is 1. The summed E-state index contributed by atoms with van der Waals surface area (Å²) < 4.78 is 0. The number of amides is 2. The van der Waals surface area contributed by atoms with Gasteiger partial charge in [-0.1, -0.05) is 18.2 Å². The third-order valence-electron chi connectivity index (χ3n) is 5.57. The fourth-order valence-electron chi connectivity index (χ4n) is 4.09. The Balaban J connectivity index is 1.74. The number of piperidine rings is 1. The zero-order chi connectivity index (χ0) is 18.7. The predicted molar refractivity (Wildman–Crippen MR) is 96.7 cm³/mol. The minimum Gasteiger partial charge on any atom is -0.480 e. The average molecular weight is 358 g/mol. The van der Waals surface area contributed by atoms with Crippen LogP contribution in [0.5, 0.6) is 0 Å². The third kappa shape index (κ3) is 3.89. The number of aliphatic carboxylic acids is 1. The first-order valence-corrected chi connectivity index (χ1v) is 9.34. The van der Waals surface area contributed by atoms with Crippen molar-refractivity contribution in [2.24, 2.45) is 5.92 Å². The van der Waals surface area contributed by atoms with Gasteiger partial charge in [0.15, 0.2) is 0 Å². The molecule has 2 N–H and O–H groups in total. The Bertz CT molecular complexity index is 716. The fraction of sp³-hybridized carbons (Fsp3) is 0.550. The number of carboxylic acids is 1. The van der Waals surface area contributed by atoms with E-state index in [4.69, 9.17) is 0 Å². The van der Waals surface area contributed by atoms with Crippen molar-refractivity contribution in [2.75, 3.05) is 13.6 Å². The fourth-order valence-corrected chi connectivity index (χ4v) is 4.09. The summed E-state index contributed by atoms with van der Waals surface area (Å²) in [7, 11) is 1.56. The summed E-state index contributed by atoms with van der Waals surface area (Å²) in [5, 5.41) is 12.1. The van der Waals surface area contributed by atoms with Crippen LogP contribution in [-0.4, -0.2) is 47.4 Å². The van der Waals surface area contributed by atoms with Crippen LogP contribution in [0.1, 0.15) is 42.4 Å². The zero-order valence-corrected chi connectivity index (χ0v) is 15.2. The quantitative estimate of drug-likeness (QED) is 0.855. The van der Waals surface area contributed by atoms with E-state index in [1.807, 2.05) is 6.07 Å². The van der Waals surface area contributed by atoms with Crippen LogP contribution < -0.4 is 5.32 Å². The number of carbonyl (C=O) groups excluding carboxylic acids is 2. The Morgan fingerprint density at radius 1 is 1.15 bits per heavy atom. The molecule has 6 heteroatoms. The first-order valence-electron chi connectivity index (χ1n) is 9.34. The lowest BCUT2D eigenvalue weighted by atomic mass is 9.89. The Labute approximate surface area is 153 Å². The van der Waals surface area contributed by atoms with Crippen LogP contribution in [-0.2, 0) is 33.6 Å². The molecule has 0 unspecified atom stereocenters. The normalized spacial score (nSPS) is 22.4. The van der Waals surface area contributed by atoms with Gasteiger partial charge in [0.1, 0.15) is 6.04 Å². The third-order valence-corrected chi connectivity index (χ3v) is 5.57. The van der Waals surface area contributed by atoms with Gasteiger partial charge in [-0.05, 0) is 55.2 Å². The van der Waals surface area contributed by atoms with Crippen molar-refractivity contribution in [3.05, 3.63) is 34.9 Å². The summed E-state index contributed by atoms with van der Waals surface area (Å²) in [6, 6.07) is 5.30. The van der Waals surface area contributed by atoms with E-state index in [9.17, 15) is 19.5 Å². The maximum Gasteiger partial charge on any atom is 0.326 e. The maximum absolute atomic E-state index is 12.8. The Kier molecular flexibility index (Phi) is 5.59. The monoisotopic (exact) mass is 358 g/mol. The highest BCUT2D eigenvalue weighted by Crippen LogP contribution is 2.25. The molecular formula is C20H26N2O4. The number of nitrogens with one attached hydrogen (secondary N) is 1. The standard InChI is InChI=1S/C20H26N2O4/c1-21-19(24)16-8-9-17(20(25)26)22(12-16)18(23)11-13-6-7-14-4-2-3-5-15(14)10-13/h6-7,10,16-17H,2-5,8-9,11-12H2,1H3,(H,21,24)(H,25,26)/t16-,17-/m0/s1. The molecule has 0 bridgehead atoms. The smallest absolute Gasteiger partial charge is 0.326 e. The van der Waals surface area contributed by atoms with Crippen LogP contribution >= 0.6 is 0 Å². The molecule has 140 valence electrons. The van der Waals surface area contributed by atoms with E-state index in [1.54, 1.807) is 7.05 Å². The van der Waals surface area contributed by atoms with Crippen LogP contribution in [0.25, 0.3) is 0 Å². The summed E-state index contributed by atoms with van der Waals surface area (Å²) in [6.07, 6.45) is 5.48. The highest BCUT2D eigenvalue weighted by molar-refractivity contribution is 5.87. The number of fused-ring (bicyclic) bond motifs is 1. The molecular weight excluding hydrogens is 332 g/mol. The molecule has 2 amide bonds. The van der Waals surface area contributed by atoms with E-state index in [1.165, 1.54) is 28.9 Å². The lowest BCUT2D eigenvalue weighted by Gasteiger charge is -2.37. The second kappa shape index (κ2) is 7.89. The molecule has 0 saturated carbocycles. The maximum atomic E-state index is 12.8. The molecule has 1 aliphatic carbocycles. The highest BCUT2D eigenvalue weighted by Gasteiger charge is 2.38. The summed E-state index contributed by atoms with van der Waals surface area (Å²) in [4.78, 5) is 37.7. The lowest BCUT2D eigenvalue weighted by molar-refractivity contribution is -0.154. The van der Waals surface area contributed by atoms with E-state index in [-0.39, 0.29) is 30.7 Å². The van der Waals surface area contributed by atoms with E-state index in [2.05, 4.69) is 17.4 Å². The minimum absolute atomic E-state index is 0.139. The van der Waals surface area contributed by atoms with Crippen LogP contribution in [0, 0.1) is 5.92 Å². The van der Waals surface area contributed by atoms with Gasteiger partial charge in [0, 0.05) is 13.6 Å². The van der Waals surface area contributed by atoms with Crippen molar-refractivity contribution in [2.45, 2.75) is 51.0 Å². The second-order valence-corrected chi connectivity index (χ2v) is 7.28. The first kappa shape index (κ1) is 18.4. The molecule has 1 aromatic carbocycles. The van der Waals surface area contributed by atoms with Crippen LogP contribution in [0.15, 0.2) is 18.2 Å². The summed E-state index contributed by atoms with van der Waals surface area (Å²) in [5.41, 5.74) is 3.58. The topological polar surface area (TPSA) is 86.7 Å². The van der Waals surface area contributed by atoms with Gasteiger partial charge in [-0.15, -0.1) is 0 Å². The van der Waals surface area contributed by atoms with Gasteiger partial charge in [0.2, 0.25) is 11.8 Å². The molecule has 2 atom stereocenters. The van der Waals surface area contributed by atoms with Crippen molar-refractivity contribution in [1.29, 1.82) is 0 Å². The number of benzene rings is 1. The largest absolute Gasteiger partial charge is 0.480 e. The van der Waals surface area contributed by atoms with Gasteiger partial charge < -0.3 is 15.3 Å². The van der Waals surface area contributed by atoms with Crippen molar-refractivity contribution >= 4 is 17.8 Å². The number of hydrogen-bond donors (Lipinski definition) is 2.